The highest BCUT2D eigenvalue weighted by Gasteiger charge is 2.42. The van der Waals surface area contributed by atoms with Gasteiger partial charge in [0.25, 0.3) is 0 Å². The lowest BCUT2D eigenvalue weighted by Gasteiger charge is -2.38. The van der Waals surface area contributed by atoms with Gasteiger partial charge in [0.05, 0.1) is 0 Å². The molecule has 4 amide bonds. The summed E-state index contributed by atoms with van der Waals surface area (Å²) >= 11 is 1.67. The van der Waals surface area contributed by atoms with Crippen LogP contribution >= 0.6 is 11.8 Å². The molecular weight excluding hydrogens is 276 g/mol. The molecule has 0 aromatic rings. The van der Waals surface area contributed by atoms with Crippen molar-refractivity contribution in [3.05, 3.63) is 0 Å². The lowest BCUT2D eigenvalue weighted by molar-refractivity contribution is -0.143. The number of thioether (sulfide) groups is 1. The standard InChI is InChI=1S/C14H24N2O3S/c1-5-8-10-11(17)15-13(19)16(12(10)18)9-14(6-2,7-3)20-4/h10H,5-9H2,1-4H3,(H,15,17,19). The molecule has 1 N–H and O–H groups in total. The lowest BCUT2D eigenvalue weighted by atomic mass is 9.96. The summed E-state index contributed by atoms with van der Waals surface area (Å²) in [6.45, 7) is 6.40. The van der Waals surface area contributed by atoms with Gasteiger partial charge < -0.3 is 0 Å². The van der Waals surface area contributed by atoms with Crippen LogP contribution in [-0.4, -0.2) is 40.3 Å². The van der Waals surface area contributed by atoms with Gasteiger partial charge in [0.2, 0.25) is 11.8 Å². The second-order valence-corrected chi connectivity index (χ2v) is 6.43. The molecule has 1 saturated heterocycles. The van der Waals surface area contributed by atoms with Crippen LogP contribution in [0.4, 0.5) is 4.79 Å². The van der Waals surface area contributed by atoms with Gasteiger partial charge in [-0.25, -0.2) is 4.79 Å². The van der Waals surface area contributed by atoms with Gasteiger partial charge >= 0.3 is 6.03 Å². The lowest BCUT2D eigenvalue weighted by Crippen LogP contribution is -2.60. The Bertz CT molecular complexity index is 386. The van der Waals surface area contributed by atoms with Crippen molar-refractivity contribution in [3.8, 4) is 0 Å². The number of barbiturate groups is 1. The normalized spacial score (nSPS) is 20.3. The largest absolute Gasteiger partial charge is 0.330 e. The third-order valence-electron chi connectivity index (χ3n) is 4.10. The van der Waals surface area contributed by atoms with E-state index in [4.69, 9.17) is 0 Å². The minimum Gasteiger partial charge on any atom is -0.277 e. The predicted molar refractivity (Wildman–Crippen MR) is 80.5 cm³/mol. The van der Waals surface area contributed by atoms with Crippen LogP contribution in [0.5, 0.6) is 0 Å². The smallest absolute Gasteiger partial charge is 0.277 e. The summed E-state index contributed by atoms with van der Waals surface area (Å²) in [6.07, 6.45) is 4.95. The van der Waals surface area contributed by atoms with Gasteiger partial charge in [-0.05, 0) is 25.5 Å². The van der Waals surface area contributed by atoms with Crippen LogP contribution in [0.1, 0.15) is 46.5 Å². The summed E-state index contributed by atoms with van der Waals surface area (Å²) < 4.78 is -0.135. The van der Waals surface area contributed by atoms with Gasteiger partial charge in [0, 0.05) is 11.3 Å². The maximum absolute atomic E-state index is 12.4. The number of amides is 4. The molecule has 0 spiro atoms. The van der Waals surface area contributed by atoms with Gasteiger partial charge in [0.1, 0.15) is 5.92 Å². The van der Waals surface area contributed by atoms with Gasteiger partial charge in [0.15, 0.2) is 0 Å². The Morgan fingerprint density at radius 3 is 2.25 bits per heavy atom. The van der Waals surface area contributed by atoms with Crippen LogP contribution in [0, 0.1) is 5.92 Å². The molecule has 1 aliphatic heterocycles. The van der Waals surface area contributed by atoms with E-state index in [2.05, 4.69) is 19.2 Å². The zero-order valence-electron chi connectivity index (χ0n) is 12.7. The fourth-order valence-electron chi connectivity index (χ4n) is 2.47. The molecule has 0 aliphatic carbocycles. The minimum absolute atomic E-state index is 0.135. The first-order chi connectivity index (χ1) is 9.44. The number of nitrogens with zero attached hydrogens (tertiary/aromatic N) is 1. The molecule has 1 rings (SSSR count). The van der Waals surface area contributed by atoms with Crippen LogP contribution in [0.25, 0.3) is 0 Å². The zero-order valence-corrected chi connectivity index (χ0v) is 13.5. The van der Waals surface area contributed by atoms with Crippen molar-refractivity contribution >= 4 is 29.6 Å². The molecule has 6 heteroatoms. The molecule has 0 aromatic heterocycles. The highest BCUT2D eigenvalue weighted by molar-refractivity contribution is 8.00. The average molecular weight is 300 g/mol. The highest BCUT2D eigenvalue weighted by atomic mass is 32.2. The second-order valence-electron chi connectivity index (χ2n) is 5.15. The molecule has 114 valence electrons. The topological polar surface area (TPSA) is 66.5 Å². The third kappa shape index (κ3) is 3.34. The first-order valence-electron chi connectivity index (χ1n) is 7.16. The molecule has 1 aliphatic rings. The molecule has 1 atom stereocenters. The number of hydrogen-bond donors (Lipinski definition) is 1. The van der Waals surface area contributed by atoms with E-state index in [1.807, 2.05) is 13.2 Å². The number of hydrogen-bond acceptors (Lipinski definition) is 4. The first kappa shape index (κ1) is 17.0. The van der Waals surface area contributed by atoms with Crippen molar-refractivity contribution in [1.82, 2.24) is 10.2 Å². The Morgan fingerprint density at radius 2 is 1.80 bits per heavy atom. The van der Waals surface area contributed by atoms with Crippen LogP contribution in [-0.2, 0) is 9.59 Å². The van der Waals surface area contributed by atoms with E-state index >= 15 is 0 Å². The molecule has 5 nitrogen and oxygen atoms in total. The summed E-state index contributed by atoms with van der Waals surface area (Å²) in [5.74, 6) is -1.52. The van der Waals surface area contributed by atoms with Crippen LogP contribution < -0.4 is 5.32 Å². The van der Waals surface area contributed by atoms with Crippen molar-refractivity contribution in [1.29, 1.82) is 0 Å². The summed E-state index contributed by atoms with van der Waals surface area (Å²) in [7, 11) is 0. The number of imide groups is 2. The molecule has 1 heterocycles. The van der Waals surface area contributed by atoms with Crippen LogP contribution in [0.15, 0.2) is 0 Å². The number of carbonyl (C=O) groups is 3. The van der Waals surface area contributed by atoms with Crippen molar-refractivity contribution in [2.24, 2.45) is 5.92 Å². The van der Waals surface area contributed by atoms with Gasteiger partial charge in [-0.3, -0.25) is 19.8 Å². The summed E-state index contributed by atoms with van der Waals surface area (Å²) in [4.78, 5) is 37.3. The monoisotopic (exact) mass is 300 g/mol. The molecule has 0 bridgehead atoms. The van der Waals surface area contributed by atoms with E-state index in [0.29, 0.717) is 13.0 Å². The van der Waals surface area contributed by atoms with Crippen molar-refractivity contribution in [2.75, 3.05) is 12.8 Å². The molecule has 0 saturated carbocycles. The van der Waals surface area contributed by atoms with E-state index in [1.54, 1.807) is 11.8 Å². The second kappa shape index (κ2) is 7.11. The number of nitrogens with one attached hydrogen (secondary N) is 1. The Morgan fingerprint density at radius 1 is 1.20 bits per heavy atom. The Labute approximate surface area is 124 Å². The van der Waals surface area contributed by atoms with Crippen LogP contribution in [0.3, 0.4) is 0 Å². The van der Waals surface area contributed by atoms with Crippen molar-refractivity contribution in [2.45, 2.75) is 51.2 Å². The average Bonchev–Trinajstić information content (AvgIpc) is 2.44. The van der Waals surface area contributed by atoms with Crippen molar-refractivity contribution in [3.63, 3.8) is 0 Å². The fourth-order valence-corrected chi connectivity index (χ4v) is 3.30. The quantitative estimate of drug-likeness (QED) is 0.733. The molecule has 1 unspecified atom stereocenters. The molecule has 20 heavy (non-hydrogen) atoms. The number of carbonyl (C=O) groups excluding carboxylic acids is 3. The summed E-state index contributed by atoms with van der Waals surface area (Å²) in [6, 6.07) is -0.576. The predicted octanol–water partition coefficient (Wildman–Crippen LogP) is 2.40. The van der Waals surface area contributed by atoms with E-state index < -0.39 is 17.9 Å². The van der Waals surface area contributed by atoms with E-state index in [0.717, 1.165) is 19.3 Å². The summed E-state index contributed by atoms with van der Waals surface area (Å²) in [5, 5.41) is 2.31. The summed E-state index contributed by atoms with van der Waals surface area (Å²) in [5.41, 5.74) is 0. The highest BCUT2D eigenvalue weighted by Crippen LogP contribution is 2.32. The minimum atomic E-state index is -0.717. The van der Waals surface area contributed by atoms with Gasteiger partial charge in [-0.1, -0.05) is 27.2 Å². The van der Waals surface area contributed by atoms with Crippen molar-refractivity contribution < 1.29 is 14.4 Å². The van der Waals surface area contributed by atoms with E-state index in [9.17, 15) is 14.4 Å². The Hall–Kier alpha value is -1.04. The maximum atomic E-state index is 12.4. The van der Waals surface area contributed by atoms with Gasteiger partial charge in [-0.15, -0.1) is 0 Å². The van der Waals surface area contributed by atoms with Gasteiger partial charge in [-0.2, -0.15) is 11.8 Å². The number of urea groups is 1. The molecule has 0 radical (unpaired) electrons. The van der Waals surface area contributed by atoms with E-state index in [-0.39, 0.29) is 10.7 Å². The maximum Gasteiger partial charge on any atom is 0.330 e. The zero-order chi connectivity index (χ0) is 15.3. The number of rotatable bonds is 7. The molecular formula is C14H24N2O3S. The molecule has 0 aromatic carbocycles. The fraction of sp³-hybridized carbons (Fsp3) is 0.786. The third-order valence-corrected chi connectivity index (χ3v) is 5.67. The SMILES string of the molecule is CCCC1C(=O)NC(=O)N(CC(CC)(CC)SC)C1=O. The van der Waals surface area contributed by atoms with Crippen LogP contribution in [0.2, 0.25) is 0 Å². The Kier molecular flexibility index (Phi) is 6.05. The molecule has 1 fully saturated rings. The van der Waals surface area contributed by atoms with E-state index in [1.165, 1.54) is 4.90 Å². The Balaban J connectivity index is 2.95. The first-order valence-corrected chi connectivity index (χ1v) is 8.38.